The van der Waals surface area contributed by atoms with Crippen molar-refractivity contribution in [1.29, 1.82) is 0 Å². The molecular formula is C23H26N4O3S. The number of rotatable bonds is 8. The van der Waals surface area contributed by atoms with Crippen LogP contribution in [0.1, 0.15) is 11.1 Å². The zero-order valence-corrected chi connectivity index (χ0v) is 18.4. The number of anilines is 2. The second kappa shape index (κ2) is 10.1. The van der Waals surface area contributed by atoms with E-state index in [-0.39, 0.29) is 16.7 Å². The predicted octanol–water partition coefficient (Wildman–Crippen LogP) is 3.49. The van der Waals surface area contributed by atoms with Crippen molar-refractivity contribution in [3.05, 3.63) is 84.2 Å². The van der Waals surface area contributed by atoms with Crippen molar-refractivity contribution in [3.63, 3.8) is 0 Å². The highest BCUT2D eigenvalue weighted by Gasteiger charge is 2.16. The second-order valence-corrected chi connectivity index (χ2v) is 9.39. The van der Waals surface area contributed by atoms with Crippen molar-refractivity contribution in [2.75, 3.05) is 30.1 Å². The number of hydrogen-bond donors (Lipinski definition) is 2. The molecule has 2 amide bonds. The quantitative estimate of drug-likeness (QED) is 0.562. The number of hydrogen-bond acceptors (Lipinski definition) is 5. The number of urea groups is 1. The first kappa shape index (κ1) is 22.3. The van der Waals surface area contributed by atoms with Gasteiger partial charge in [0.1, 0.15) is 0 Å². The van der Waals surface area contributed by atoms with Gasteiger partial charge >= 0.3 is 6.03 Å². The lowest BCUT2D eigenvalue weighted by molar-refractivity contribution is 0.251. The van der Waals surface area contributed by atoms with E-state index in [1.54, 1.807) is 24.5 Å². The Morgan fingerprint density at radius 2 is 1.65 bits per heavy atom. The Bertz CT molecular complexity index is 1120. The molecule has 0 saturated heterocycles. The van der Waals surface area contributed by atoms with Gasteiger partial charge in [0.15, 0.2) is 9.84 Å². The van der Waals surface area contributed by atoms with Crippen molar-refractivity contribution in [2.45, 2.75) is 17.9 Å². The van der Waals surface area contributed by atoms with E-state index in [4.69, 9.17) is 0 Å². The number of aryl methyl sites for hydroxylation is 1. The minimum atomic E-state index is -3.45. The minimum absolute atomic E-state index is 0.0110. The Hall–Kier alpha value is -3.39. The summed E-state index contributed by atoms with van der Waals surface area (Å²) in [5, 5.41) is 5.45. The number of carbonyl (C=O) groups is 1. The first-order valence-electron chi connectivity index (χ1n) is 9.87. The van der Waals surface area contributed by atoms with Crippen LogP contribution in [0.15, 0.2) is 78.0 Å². The van der Waals surface area contributed by atoms with Gasteiger partial charge in [-0.3, -0.25) is 4.98 Å². The molecular weight excluding hydrogens is 412 g/mol. The molecule has 1 heterocycles. The van der Waals surface area contributed by atoms with Crippen molar-refractivity contribution in [2.24, 2.45) is 0 Å². The molecule has 0 aliphatic rings. The van der Waals surface area contributed by atoms with E-state index in [1.807, 2.05) is 55.4 Å². The Morgan fingerprint density at radius 3 is 2.32 bits per heavy atom. The number of sulfone groups is 1. The van der Waals surface area contributed by atoms with Crippen LogP contribution in [0.4, 0.5) is 16.2 Å². The van der Waals surface area contributed by atoms with Crippen LogP contribution in [0.25, 0.3) is 0 Å². The van der Waals surface area contributed by atoms with Crippen molar-refractivity contribution in [1.82, 2.24) is 10.3 Å². The number of nitrogens with zero attached hydrogens (tertiary/aromatic N) is 2. The summed E-state index contributed by atoms with van der Waals surface area (Å²) in [7, 11) is 0.428. The van der Waals surface area contributed by atoms with Gasteiger partial charge < -0.3 is 15.5 Å². The van der Waals surface area contributed by atoms with Crippen molar-refractivity contribution >= 4 is 27.2 Å². The molecule has 31 heavy (non-hydrogen) atoms. The summed E-state index contributed by atoms with van der Waals surface area (Å²) in [6.07, 6.45) is 3.74. The summed E-state index contributed by atoms with van der Waals surface area (Å²) >= 11 is 0. The van der Waals surface area contributed by atoms with Gasteiger partial charge in [0.2, 0.25) is 0 Å². The van der Waals surface area contributed by atoms with Crippen LogP contribution in [0.5, 0.6) is 0 Å². The fourth-order valence-corrected chi connectivity index (χ4v) is 4.40. The summed E-state index contributed by atoms with van der Waals surface area (Å²) in [5.74, 6) is 0.0110. The number of nitrogens with one attached hydrogen (secondary N) is 2. The highest BCUT2D eigenvalue weighted by Crippen LogP contribution is 2.21. The number of amides is 2. The third-order valence-electron chi connectivity index (χ3n) is 4.79. The molecule has 7 nitrogen and oxygen atoms in total. The van der Waals surface area contributed by atoms with Gasteiger partial charge in [-0.25, -0.2) is 13.2 Å². The van der Waals surface area contributed by atoms with E-state index in [0.29, 0.717) is 18.7 Å². The normalized spacial score (nSPS) is 11.0. The molecule has 0 unspecified atom stereocenters. The summed E-state index contributed by atoms with van der Waals surface area (Å²) in [5.41, 5.74) is 3.45. The van der Waals surface area contributed by atoms with Gasteiger partial charge in [-0.15, -0.1) is 0 Å². The minimum Gasteiger partial charge on any atom is -0.377 e. The van der Waals surface area contributed by atoms with Gasteiger partial charge in [0.05, 0.1) is 10.6 Å². The van der Waals surface area contributed by atoms with Gasteiger partial charge in [0.25, 0.3) is 0 Å². The van der Waals surface area contributed by atoms with Crippen molar-refractivity contribution < 1.29 is 13.2 Å². The molecule has 0 fully saturated rings. The lowest BCUT2D eigenvalue weighted by Crippen LogP contribution is -2.28. The Labute approximate surface area is 183 Å². The van der Waals surface area contributed by atoms with E-state index < -0.39 is 9.84 Å². The fourth-order valence-electron chi connectivity index (χ4n) is 3.12. The van der Waals surface area contributed by atoms with Crippen LogP contribution < -0.4 is 15.5 Å². The van der Waals surface area contributed by atoms with Crippen LogP contribution >= 0.6 is 0 Å². The van der Waals surface area contributed by atoms with Crippen molar-refractivity contribution in [3.8, 4) is 0 Å². The Kier molecular flexibility index (Phi) is 7.25. The topological polar surface area (TPSA) is 91.4 Å². The third-order valence-corrected chi connectivity index (χ3v) is 6.52. The molecule has 0 aliphatic carbocycles. The van der Waals surface area contributed by atoms with Gasteiger partial charge in [-0.2, -0.15) is 0 Å². The molecule has 0 radical (unpaired) electrons. The van der Waals surface area contributed by atoms with Crippen LogP contribution in [-0.4, -0.2) is 39.3 Å². The van der Waals surface area contributed by atoms with E-state index in [0.717, 1.165) is 16.8 Å². The zero-order chi connectivity index (χ0) is 22.3. The fraction of sp³-hybridized carbons (Fsp3) is 0.217. The number of carbonyl (C=O) groups excluding carboxylic acids is 1. The van der Waals surface area contributed by atoms with E-state index in [2.05, 4.69) is 15.6 Å². The summed E-state index contributed by atoms with van der Waals surface area (Å²) in [4.78, 5) is 18.2. The highest BCUT2D eigenvalue weighted by molar-refractivity contribution is 7.91. The molecule has 162 valence electrons. The third kappa shape index (κ3) is 6.29. The molecule has 1 aromatic heterocycles. The Morgan fingerprint density at radius 1 is 0.968 bits per heavy atom. The van der Waals surface area contributed by atoms with E-state index >= 15 is 0 Å². The maximum Gasteiger partial charge on any atom is 0.319 e. The molecule has 0 spiro atoms. The largest absolute Gasteiger partial charge is 0.377 e. The SMILES string of the molecule is CN(C)c1ccccc1CCS(=O)(=O)c1ccc(NC(=O)NCc2ccncc2)cc1. The lowest BCUT2D eigenvalue weighted by atomic mass is 10.1. The molecule has 0 aliphatic heterocycles. The van der Waals surface area contributed by atoms with E-state index in [9.17, 15) is 13.2 Å². The van der Waals surface area contributed by atoms with Gasteiger partial charge in [0, 0.05) is 44.4 Å². The second-order valence-electron chi connectivity index (χ2n) is 7.28. The maximum atomic E-state index is 12.8. The molecule has 3 rings (SSSR count). The molecule has 0 saturated carbocycles. The van der Waals surface area contributed by atoms with Gasteiger partial charge in [-0.1, -0.05) is 18.2 Å². The average Bonchev–Trinajstić information content (AvgIpc) is 2.77. The lowest BCUT2D eigenvalue weighted by Gasteiger charge is -2.17. The smallest absolute Gasteiger partial charge is 0.319 e. The molecule has 8 heteroatoms. The average molecular weight is 439 g/mol. The maximum absolute atomic E-state index is 12.8. The van der Waals surface area contributed by atoms with Crippen LogP contribution in [0, 0.1) is 0 Å². The predicted molar refractivity (Wildman–Crippen MR) is 123 cm³/mol. The highest BCUT2D eigenvalue weighted by atomic mass is 32.2. The number of aromatic nitrogens is 1. The number of benzene rings is 2. The number of pyridine rings is 1. The standard InChI is InChI=1S/C23H26N4O3S/c1-27(2)22-6-4-3-5-19(22)13-16-31(29,30)21-9-7-20(8-10-21)26-23(28)25-17-18-11-14-24-15-12-18/h3-12,14-15H,13,16-17H2,1-2H3,(H2,25,26,28). The molecule has 3 aromatic rings. The van der Waals surface area contributed by atoms with Crippen LogP contribution in [0.3, 0.4) is 0 Å². The zero-order valence-electron chi connectivity index (χ0n) is 17.6. The van der Waals surface area contributed by atoms with Crippen LogP contribution in [-0.2, 0) is 22.8 Å². The van der Waals surface area contributed by atoms with Gasteiger partial charge in [-0.05, 0) is 60.0 Å². The monoisotopic (exact) mass is 438 g/mol. The molecule has 0 atom stereocenters. The summed E-state index contributed by atoms with van der Waals surface area (Å²) in [6.45, 7) is 0.370. The molecule has 2 aromatic carbocycles. The molecule has 2 N–H and O–H groups in total. The number of para-hydroxylation sites is 1. The summed E-state index contributed by atoms with van der Waals surface area (Å²) < 4.78 is 25.5. The Balaban J connectivity index is 1.58. The first-order valence-corrected chi connectivity index (χ1v) is 11.5. The molecule has 0 bridgehead atoms. The van der Waals surface area contributed by atoms with E-state index in [1.165, 1.54) is 12.1 Å². The first-order chi connectivity index (χ1) is 14.8. The van der Waals surface area contributed by atoms with Crippen LogP contribution in [0.2, 0.25) is 0 Å². The summed E-state index contributed by atoms with van der Waals surface area (Å²) in [6, 6.07) is 17.3.